The average Bonchev–Trinajstić information content (AvgIpc) is 2.42. The van der Waals surface area contributed by atoms with Crippen LogP contribution in [-0.2, 0) is 0 Å². The smallest absolute Gasteiger partial charge is 0.108 e. The van der Waals surface area contributed by atoms with Crippen LogP contribution < -0.4 is 5.32 Å². The Labute approximate surface area is 139 Å². The minimum Gasteiger partial charge on any atom is -0.314 e. The van der Waals surface area contributed by atoms with Crippen LogP contribution in [0.15, 0.2) is 0 Å². The summed E-state index contributed by atoms with van der Waals surface area (Å²) in [5.41, 5.74) is -1.08. The maximum absolute atomic E-state index is 14.7. The van der Waals surface area contributed by atoms with Crippen molar-refractivity contribution < 1.29 is 4.39 Å². The minimum atomic E-state index is -1.08. The van der Waals surface area contributed by atoms with E-state index in [1.165, 1.54) is 32.1 Å². The van der Waals surface area contributed by atoms with Crippen LogP contribution >= 0.6 is 0 Å². The Kier molecular flexibility index (Phi) is 11.4. The van der Waals surface area contributed by atoms with E-state index in [0.29, 0.717) is 17.9 Å². The summed E-state index contributed by atoms with van der Waals surface area (Å²) in [6.07, 6.45) is 8.28. The molecule has 4 atom stereocenters. The maximum Gasteiger partial charge on any atom is 0.108 e. The standard InChI is InChI=1S/C20H42FN/c1-8-10-11-15-22-17(4)13-14-19(20(6,7)21)18(5)16(3)12-9-2/h16-19,22H,8-15H2,1-7H3. The first-order valence-electron chi connectivity index (χ1n) is 9.66. The third-order valence-corrected chi connectivity index (χ3v) is 5.34. The first-order valence-corrected chi connectivity index (χ1v) is 9.66. The molecule has 0 aliphatic heterocycles. The number of halogens is 1. The van der Waals surface area contributed by atoms with Crippen LogP contribution in [0.3, 0.4) is 0 Å². The highest BCUT2D eigenvalue weighted by molar-refractivity contribution is 4.85. The van der Waals surface area contributed by atoms with Crippen LogP contribution in [-0.4, -0.2) is 18.3 Å². The van der Waals surface area contributed by atoms with Crippen LogP contribution in [0.5, 0.6) is 0 Å². The molecule has 0 rings (SSSR count). The third kappa shape index (κ3) is 9.12. The van der Waals surface area contributed by atoms with Crippen LogP contribution in [0.1, 0.15) is 93.4 Å². The molecule has 0 bridgehead atoms. The summed E-state index contributed by atoms with van der Waals surface area (Å²) >= 11 is 0. The van der Waals surface area contributed by atoms with Crippen molar-refractivity contribution in [1.29, 1.82) is 0 Å². The zero-order chi connectivity index (χ0) is 17.2. The van der Waals surface area contributed by atoms with E-state index in [2.05, 4.69) is 39.9 Å². The van der Waals surface area contributed by atoms with Crippen molar-refractivity contribution in [3.63, 3.8) is 0 Å². The maximum atomic E-state index is 14.7. The fraction of sp³-hybridized carbons (Fsp3) is 1.00. The van der Waals surface area contributed by atoms with E-state index in [1.807, 2.05) is 0 Å². The van der Waals surface area contributed by atoms with Crippen LogP contribution in [0.25, 0.3) is 0 Å². The molecule has 0 aromatic heterocycles. The van der Waals surface area contributed by atoms with E-state index in [-0.39, 0.29) is 5.92 Å². The van der Waals surface area contributed by atoms with Gasteiger partial charge in [-0.05, 0) is 64.3 Å². The van der Waals surface area contributed by atoms with Crippen molar-refractivity contribution in [3.8, 4) is 0 Å². The number of rotatable bonds is 13. The summed E-state index contributed by atoms with van der Waals surface area (Å²) < 4.78 is 14.7. The first-order chi connectivity index (χ1) is 10.2. The topological polar surface area (TPSA) is 12.0 Å². The fourth-order valence-corrected chi connectivity index (χ4v) is 3.60. The van der Waals surface area contributed by atoms with Crippen LogP contribution in [0.2, 0.25) is 0 Å². The van der Waals surface area contributed by atoms with E-state index < -0.39 is 5.67 Å². The van der Waals surface area contributed by atoms with Gasteiger partial charge in [-0.2, -0.15) is 0 Å². The molecule has 4 unspecified atom stereocenters. The number of hydrogen-bond donors (Lipinski definition) is 1. The lowest BCUT2D eigenvalue weighted by Gasteiger charge is -2.36. The van der Waals surface area contributed by atoms with Gasteiger partial charge in [-0.15, -0.1) is 0 Å². The Hall–Kier alpha value is -0.110. The largest absolute Gasteiger partial charge is 0.314 e. The summed E-state index contributed by atoms with van der Waals surface area (Å²) in [7, 11) is 0. The van der Waals surface area contributed by atoms with E-state index in [9.17, 15) is 4.39 Å². The van der Waals surface area contributed by atoms with Gasteiger partial charge in [0, 0.05) is 6.04 Å². The molecule has 0 saturated carbocycles. The molecule has 1 N–H and O–H groups in total. The molecular formula is C20H42FN. The first kappa shape index (κ1) is 21.9. The number of alkyl halides is 1. The predicted molar refractivity (Wildman–Crippen MR) is 98.1 cm³/mol. The van der Waals surface area contributed by atoms with Crippen molar-refractivity contribution in [2.45, 2.75) is 105 Å². The molecular weight excluding hydrogens is 273 g/mol. The summed E-state index contributed by atoms with van der Waals surface area (Å²) in [6, 6.07) is 0.496. The summed E-state index contributed by atoms with van der Waals surface area (Å²) in [5.74, 6) is 1.22. The lowest BCUT2D eigenvalue weighted by Crippen LogP contribution is -2.36. The predicted octanol–water partition coefficient (Wildman–Crippen LogP) is 6.37. The molecule has 22 heavy (non-hydrogen) atoms. The molecule has 0 aliphatic carbocycles. The highest BCUT2D eigenvalue weighted by atomic mass is 19.1. The van der Waals surface area contributed by atoms with Crippen molar-refractivity contribution in [3.05, 3.63) is 0 Å². The Balaban J connectivity index is 4.37. The molecule has 0 aliphatic rings. The van der Waals surface area contributed by atoms with E-state index >= 15 is 0 Å². The van der Waals surface area contributed by atoms with Gasteiger partial charge in [-0.3, -0.25) is 0 Å². The molecule has 0 heterocycles. The number of unbranched alkanes of at least 4 members (excludes halogenated alkanes) is 2. The normalized spacial score (nSPS) is 18.0. The summed E-state index contributed by atoms with van der Waals surface area (Å²) in [6.45, 7) is 15.9. The number of hydrogen-bond acceptors (Lipinski definition) is 1. The van der Waals surface area contributed by atoms with Gasteiger partial charge in [0.25, 0.3) is 0 Å². The van der Waals surface area contributed by atoms with Crippen molar-refractivity contribution >= 4 is 0 Å². The van der Waals surface area contributed by atoms with Crippen LogP contribution in [0, 0.1) is 17.8 Å². The molecule has 134 valence electrons. The van der Waals surface area contributed by atoms with Gasteiger partial charge in [0.05, 0.1) is 0 Å². The lowest BCUT2D eigenvalue weighted by molar-refractivity contribution is 0.0517. The third-order valence-electron chi connectivity index (χ3n) is 5.34. The highest BCUT2D eigenvalue weighted by Gasteiger charge is 2.35. The molecule has 1 nitrogen and oxygen atoms in total. The zero-order valence-electron chi connectivity index (χ0n) is 16.3. The van der Waals surface area contributed by atoms with Gasteiger partial charge in [-0.25, -0.2) is 4.39 Å². The van der Waals surface area contributed by atoms with Gasteiger partial charge in [0.1, 0.15) is 5.67 Å². The second-order valence-electron chi connectivity index (χ2n) is 7.94. The quantitative estimate of drug-likeness (QED) is 0.389. The molecule has 0 aromatic rings. The second kappa shape index (κ2) is 11.4. The monoisotopic (exact) mass is 315 g/mol. The van der Waals surface area contributed by atoms with Crippen molar-refractivity contribution in [2.75, 3.05) is 6.54 Å². The lowest BCUT2D eigenvalue weighted by atomic mass is 9.72. The van der Waals surface area contributed by atoms with Crippen molar-refractivity contribution in [2.24, 2.45) is 17.8 Å². The SMILES string of the molecule is CCCCCNC(C)CCC(C(C)C(C)CCC)C(C)(C)F. The Morgan fingerprint density at radius 2 is 1.55 bits per heavy atom. The van der Waals surface area contributed by atoms with E-state index in [0.717, 1.165) is 19.4 Å². The van der Waals surface area contributed by atoms with Gasteiger partial charge in [-0.1, -0.05) is 53.4 Å². The Morgan fingerprint density at radius 1 is 0.909 bits per heavy atom. The molecule has 0 fully saturated rings. The molecule has 0 spiro atoms. The Morgan fingerprint density at radius 3 is 2.05 bits per heavy atom. The molecule has 0 aromatic carbocycles. The minimum absolute atomic E-state index is 0.161. The Bertz CT molecular complexity index is 259. The summed E-state index contributed by atoms with van der Waals surface area (Å²) in [5, 5.41) is 3.60. The van der Waals surface area contributed by atoms with Gasteiger partial charge < -0.3 is 5.32 Å². The fourth-order valence-electron chi connectivity index (χ4n) is 3.60. The van der Waals surface area contributed by atoms with Gasteiger partial charge >= 0.3 is 0 Å². The number of nitrogens with one attached hydrogen (secondary N) is 1. The second-order valence-corrected chi connectivity index (χ2v) is 7.94. The van der Waals surface area contributed by atoms with Crippen LogP contribution in [0.4, 0.5) is 4.39 Å². The molecule has 0 radical (unpaired) electrons. The molecule has 0 saturated heterocycles. The van der Waals surface area contributed by atoms with E-state index in [4.69, 9.17) is 0 Å². The van der Waals surface area contributed by atoms with Gasteiger partial charge in [0.2, 0.25) is 0 Å². The van der Waals surface area contributed by atoms with E-state index in [1.54, 1.807) is 13.8 Å². The van der Waals surface area contributed by atoms with Crippen molar-refractivity contribution in [1.82, 2.24) is 5.32 Å². The molecule has 2 heteroatoms. The average molecular weight is 316 g/mol. The summed E-state index contributed by atoms with van der Waals surface area (Å²) in [4.78, 5) is 0. The highest BCUT2D eigenvalue weighted by Crippen LogP contribution is 2.37. The van der Waals surface area contributed by atoms with Gasteiger partial charge in [0.15, 0.2) is 0 Å². The molecule has 0 amide bonds. The zero-order valence-corrected chi connectivity index (χ0v) is 16.3.